The number of anilines is 2. The number of rotatable bonds is 26. The molecule has 98 heavy (non-hydrogen) atoms. The summed E-state index contributed by atoms with van der Waals surface area (Å²) in [5.74, 6) is 0.455. The van der Waals surface area contributed by atoms with Crippen LogP contribution >= 0.6 is 12.0 Å². The first kappa shape index (κ1) is 69.3. The van der Waals surface area contributed by atoms with Gasteiger partial charge in [0.2, 0.25) is 11.4 Å². The summed E-state index contributed by atoms with van der Waals surface area (Å²) in [4.78, 5) is 16.4. The summed E-state index contributed by atoms with van der Waals surface area (Å²) in [7, 11) is -4.00. The third kappa shape index (κ3) is 14.6. The van der Waals surface area contributed by atoms with Crippen molar-refractivity contribution in [3.8, 4) is 0 Å². The van der Waals surface area contributed by atoms with Crippen molar-refractivity contribution in [2.45, 2.75) is 116 Å². The maximum absolute atomic E-state index is 11.7. The van der Waals surface area contributed by atoms with Crippen LogP contribution in [0.1, 0.15) is 118 Å². The molecule has 3 N–H and O–H groups in total. The molecule has 0 spiro atoms. The zero-order chi connectivity index (χ0) is 70.1. The molecule has 0 atom stereocenters. The first-order valence-corrected chi connectivity index (χ1v) is 36.7. The molecule has 4 aliphatic rings. The zero-order valence-electron chi connectivity index (χ0n) is 58.7. The van der Waals surface area contributed by atoms with E-state index in [0.717, 1.165) is 67.2 Å². The molecule has 4 aliphatic heterocycles. The lowest BCUT2D eigenvalue weighted by Gasteiger charge is -2.27. The van der Waals surface area contributed by atoms with Crippen LogP contribution in [0.2, 0.25) is 0 Å². The standard InChI is InChI=1S/C42H47N3O3S.C42H44N2O4S/c1-41(2)37(44(28-14-15-30-49-48-47-46)35-25-23-31-17-10-12-19-33(31)39(35)41)21-8-6-5-7-9-22-38-42(3,4)40-34-20-13-11-18-32(34)24-26-36(40)45(38)29-16-27-43;1-41(2)37(43(27-14-15-30-49(46,47)48)35-25-23-31-17-10-12-19-33(31)39(35)41)21-8-6-5-7-9-22-38-42(3,4)40-34-20-13-11-18-32(34)24-26-36(40)44(38)28-16-29-45/h5-13,17-26H,14-16,27-30,43H2,1-4H3;5-13,17-26,29H,14-16,27-28,30H2,1-4H3/p+1/i;29D. The van der Waals surface area contributed by atoms with Crippen molar-refractivity contribution in [1.82, 2.24) is 0 Å². The van der Waals surface area contributed by atoms with E-state index in [4.69, 9.17) is 7.10 Å². The monoisotopic (exact) mass is 1350 g/mol. The van der Waals surface area contributed by atoms with Gasteiger partial charge < -0.3 is 25.6 Å². The highest BCUT2D eigenvalue weighted by molar-refractivity contribution is 7.94. The van der Waals surface area contributed by atoms with Crippen molar-refractivity contribution in [1.29, 1.82) is 0 Å². The summed E-state index contributed by atoms with van der Waals surface area (Å²) < 4.78 is 48.6. The van der Waals surface area contributed by atoms with Gasteiger partial charge in [0, 0.05) is 106 Å². The van der Waals surface area contributed by atoms with Gasteiger partial charge in [0.05, 0.1) is 23.0 Å². The van der Waals surface area contributed by atoms with Crippen LogP contribution in [0.5, 0.6) is 0 Å². The molecule has 0 radical (unpaired) electrons. The second-order valence-corrected chi connectivity index (χ2v) is 30.0. The fraction of sp³-hybridized carbons (Fsp3) is 0.298. The van der Waals surface area contributed by atoms with E-state index in [9.17, 15) is 23.0 Å². The Kier molecular flexibility index (Phi) is 21.7. The normalized spacial score (nSPS) is 17.8. The van der Waals surface area contributed by atoms with Crippen LogP contribution in [0.25, 0.3) is 43.1 Å². The number of nitrogens with two attached hydrogens (primary N) is 1. The topological polar surface area (TPSA) is 151 Å². The van der Waals surface area contributed by atoms with Gasteiger partial charge in [-0.2, -0.15) is 21.9 Å². The number of unbranched alkanes of at least 4 members (excludes halogenated alkanes) is 2. The van der Waals surface area contributed by atoms with Gasteiger partial charge in [0.25, 0.3) is 10.1 Å². The second-order valence-electron chi connectivity index (χ2n) is 27.7. The Bertz CT molecular complexity index is 4820. The van der Waals surface area contributed by atoms with Gasteiger partial charge in [-0.15, -0.1) is 0 Å². The van der Waals surface area contributed by atoms with Crippen LogP contribution in [0.3, 0.4) is 0 Å². The highest BCUT2D eigenvalue weighted by Crippen LogP contribution is 2.53. The second kappa shape index (κ2) is 30.7. The SMILES string of the molecule is CC1(C)C(=CC=CC=CC=CC2=[N+](CCCN)c3ccc4ccccc4c3C2(C)C)N(CCCCSOO[O-])c2ccc3ccccc3c21.[2H]C(=O)CC[N+]1=C(C=CC=CC=CC=C2N(CCCCS(=O)(=O)O)c3ccc4ccccc4c3C2(C)C)C(C)(C)c2c1ccc1ccccc21. The van der Waals surface area contributed by atoms with Gasteiger partial charge in [-0.1, -0.05) is 198 Å². The number of hydrogen-bond acceptors (Lipinski definition) is 10. The van der Waals surface area contributed by atoms with E-state index in [1.807, 2.05) is 42.5 Å². The van der Waals surface area contributed by atoms with Crippen LogP contribution in [0.15, 0.2) is 242 Å². The van der Waals surface area contributed by atoms with Crippen molar-refractivity contribution >= 4 is 106 Å². The molecule has 506 valence electrons. The molecule has 0 saturated heterocycles. The molecule has 0 fully saturated rings. The lowest BCUT2D eigenvalue weighted by molar-refractivity contribution is -0.777. The van der Waals surface area contributed by atoms with E-state index in [1.54, 1.807) is 0 Å². The van der Waals surface area contributed by atoms with E-state index in [2.05, 4.69) is 272 Å². The minimum atomic E-state index is -4.00. The first-order valence-electron chi connectivity index (χ1n) is 34.7. The zero-order valence-corrected chi connectivity index (χ0v) is 59.3. The molecule has 0 saturated carbocycles. The summed E-state index contributed by atoms with van der Waals surface area (Å²) >= 11 is 1.05. The van der Waals surface area contributed by atoms with E-state index in [0.29, 0.717) is 38.2 Å². The highest BCUT2D eigenvalue weighted by Gasteiger charge is 2.47. The number of benzene rings is 8. The largest absolute Gasteiger partial charge is 0.691 e. The number of aldehydes is 1. The maximum atomic E-state index is 11.7. The number of nitrogens with zero attached hydrogens (tertiary/aromatic N) is 4. The lowest BCUT2D eigenvalue weighted by atomic mass is 9.79. The molecule has 0 aliphatic carbocycles. The summed E-state index contributed by atoms with van der Waals surface area (Å²) in [5.41, 5.74) is 19.8. The van der Waals surface area contributed by atoms with Gasteiger partial charge in [-0.3, -0.25) is 9.59 Å². The average Bonchev–Trinajstić information content (AvgIpc) is 1.61. The predicted molar refractivity (Wildman–Crippen MR) is 407 cm³/mol. The number of carbonyl (C=O) groups is 1. The molecule has 0 bridgehead atoms. The number of carbonyl (C=O) groups excluding carboxylic acids is 1. The van der Waals surface area contributed by atoms with E-state index in [-0.39, 0.29) is 33.8 Å². The Labute approximate surface area is 584 Å². The van der Waals surface area contributed by atoms with Crippen LogP contribution in [-0.4, -0.2) is 84.0 Å². The summed E-state index contributed by atoms with van der Waals surface area (Å²) in [6.07, 6.45) is 32.9. The smallest absolute Gasteiger partial charge is 0.264 e. The van der Waals surface area contributed by atoms with E-state index >= 15 is 0 Å². The third-order valence-corrected chi connectivity index (χ3v) is 21.3. The lowest BCUT2D eigenvalue weighted by Crippen LogP contribution is -2.28. The molecular weight excluding hydrogens is 1260 g/mol. The Morgan fingerprint density at radius 2 is 0.908 bits per heavy atom. The molecule has 14 heteroatoms. The van der Waals surface area contributed by atoms with Gasteiger partial charge in [0.15, 0.2) is 24.5 Å². The van der Waals surface area contributed by atoms with Gasteiger partial charge in [-0.25, -0.2) is 0 Å². The number of allylic oxidation sites excluding steroid dienone is 16. The Morgan fingerprint density at radius 1 is 0.510 bits per heavy atom. The molecule has 0 aromatic heterocycles. The summed E-state index contributed by atoms with van der Waals surface area (Å²) in [5, 5.41) is 23.5. The van der Waals surface area contributed by atoms with E-state index in [1.165, 1.54) is 88.1 Å². The molecule has 12 rings (SSSR count). The average molecular weight is 1350 g/mol. The number of hydrogen-bond donors (Lipinski definition) is 2. The van der Waals surface area contributed by atoms with Crippen molar-refractivity contribution in [2.24, 2.45) is 5.73 Å². The van der Waals surface area contributed by atoms with Crippen molar-refractivity contribution < 1.29 is 42.9 Å². The van der Waals surface area contributed by atoms with Gasteiger partial charge in [0.1, 0.15) is 7.63 Å². The summed E-state index contributed by atoms with van der Waals surface area (Å²) in [6.45, 7) is 21.7. The minimum Gasteiger partial charge on any atom is -0.691 e. The number of fused-ring (bicyclic) bond motifs is 12. The van der Waals surface area contributed by atoms with Gasteiger partial charge in [-0.05, 0) is 151 Å². The molecule has 12 nitrogen and oxygen atoms in total. The predicted octanol–water partition coefficient (Wildman–Crippen LogP) is 17.7. The molecular formula is C84H92N5O7S2+. The van der Waals surface area contributed by atoms with Gasteiger partial charge >= 0.3 is 0 Å². The van der Waals surface area contributed by atoms with Crippen molar-refractivity contribution in [3.05, 3.63) is 264 Å². The maximum Gasteiger partial charge on any atom is 0.264 e. The highest BCUT2D eigenvalue weighted by atomic mass is 32.2. The van der Waals surface area contributed by atoms with Crippen molar-refractivity contribution in [3.63, 3.8) is 0 Å². The molecule has 8 aromatic rings. The Morgan fingerprint density at radius 3 is 1.34 bits per heavy atom. The van der Waals surface area contributed by atoms with Crippen LogP contribution < -0.4 is 20.8 Å². The van der Waals surface area contributed by atoms with Crippen LogP contribution in [0, 0.1) is 0 Å². The molecule has 0 unspecified atom stereocenters. The molecule has 0 amide bonds. The van der Waals surface area contributed by atoms with Crippen molar-refractivity contribution in [2.75, 3.05) is 54.0 Å². The minimum absolute atomic E-state index is 0.137. The fourth-order valence-electron chi connectivity index (χ4n) is 15.5. The molecule has 4 heterocycles. The fourth-order valence-corrected chi connectivity index (χ4v) is 16.5. The Hall–Kier alpha value is -8.57. The van der Waals surface area contributed by atoms with Crippen LogP contribution in [0.4, 0.5) is 22.7 Å². The van der Waals surface area contributed by atoms with E-state index < -0.39 is 16.4 Å². The quantitative estimate of drug-likeness (QED) is 0.00779. The first-order chi connectivity index (χ1) is 47.6. The third-order valence-electron chi connectivity index (χ3n) is 19.9. The Balaban J connectivity index is 0.000000200. The molecule has 8 aromatic carbocycles. The van der Waals surface area contributed by atoms with Crippen LogP contribution in [-0.2, 0) is 45.9 Å². The summed E-state index contributed by atoms with van der Waals surface area (Å²) in [6, 6.07) is 51.7.